The van der Waals surface area contributed by atoms with E-state index in [1.165, 1.54) is 40.1 Å². The number of carbonyl (C=O) groups excluding carboxylic acids is 2. The number of carbonyl (C=O) groups is 2. The number of halogens is 4. The van der Waals surface area contributed by atoms with Gasteiger partial charge in [0.05, 0.1) is 10.5 Å². The molecule has 3 amide bonds. The number of anilines is 2. The molecule has 2 aromatic carbocycles. The molecule has 3 rings (SSSR count). The second kappa shape index (κ2) is 12.7. The van der Waals surface area contributed by atoms with E-state index in [1.54, 1.807) is 4.90 Å². The van der Waals surface area contributed by atoms with Crippen molar-refractivity contribution in [2.75, 3.05) is 42.9 Å². The third-order valence-corrected chi connectivity index (χ3v) is 7.94. The Balaban J connectivity index is 1.53. The summed E-state index contributed by atoms with van der Waals surface area (Å²) in [4.78, 5) is 24.6. The fraction of sp³-hybridized carbons (Fsp3) is 0.391. The van der Waals surface area contributed by atoms with E-state index in [1.807, 2.05) is 0 Å². The van der Waals surface area contributed by atoms with E-state index in [9.17, 15) is 31.2 Å². The van der Waals surface area contributed by atoms with Crippen LogP contribution in [0.3, 0.4) is 0 Å². The topological polar surface area (TPSA) is 131 Å². The molecule has 0 unspecified atom stereocenters. The summed E-state index contributed by atoms with van der Waals surface area (Å²) in [5, 5.41) is 13.6. The molecule has 10 nitrogen and oxygen atoms in total. The number of alkyl halides is 3. The summed E-state index contributed by atoms with van der Waals surface area (Å²) in [7, 11) is -3.86. The largest absolute Gasteiger partial charge is 0.416 e. The Morgan fingerprint density at radius 3 is 2.26 bits per heavy atom. The summed E-state index contributed by atoms with van der Waals surface area (Å²) in [5.74, 6) is -0.507. The molecule has 0 spiro atoms. The van der Waals surface area contributed by atoms with E-state index >= 15 is 0 Å². The number of rotatable bonds is 9. The van der Waals surface area contributed by atoms with E-state index in [0.29, 0.717) is 25.1 Å². The van der Waals surface area contributed by atoms with Crippen molar-refractivity contribution in [3.8, 4) is 0 Å². The molecule has 1 fully saturated rings. The summed E-state index contributed by atoms with van der Waals surface area (Å²) in [6, 6.07) is 8.35. The summed E-state index contributed by atoms with van der Waals surface area (Å²) in [6.07, 6.45) is -3.43. The highest BCUT2D eigenvalue weighted by atomic mass is 35.5. The molecule has 1 heterocycles. The molecule has 0 aliphatic carbocycles. The van der Waals surface area contributed by atoms with Gasteiger partial charge < -0.3 is 15.5 Å². The first-order chi connectivity index (χ1) is 17.9. The minimum Gasteiger partial charge on any atom is -0.369 e. The van der Waals surface area contributed by atoms with Crippen LogP contribution in [0.1, 0.15) is 24.8 Å². The zero-order valence-electron chi connectivity index (χ0n) is 20.1. The highest BCUT2D eigenvalue weighted by Gasteiger charge is 2.33. The lowest BCUT2D eigenvalue weighted by atomic mass is 10.1. The lowest BCUT2D eigenvalue weighted by Crippen LogP contribution is -2.48. The number of hydroxylamine groups is 1. The van der Waals surface area contributed by atoms with Crippen molar-refractivity contribution < 1.29 is 36.4 Å². The minimum atomic E-state index is -4.55. The first kappa shape index (κ1) is 29.5. The number of hydrogen-bond acceptors (Lipinski definition) is 6. The Hall–Kier alpha value is -3.07. The smallest absolute Gasteiger partial charge is 0.369 e. The number of urea groups is 1. The van der Waals surface area contributed by atoms with Gasteiger partial charge in [0.25, 0.3) is 0 Å². The number of hydrogen-bond donors (Lipinski definition) is 4. The van der Waals surface area contributed by atoms with Gasteiger partial charge in [0, 0.05) is 55.5 Å². The number of benzene rings is 2. The normalized spacial score (nSPS) is 14.7. The molecule has 1 saturated heterocycles. The van der Waals surface area contributed by atoms with Crippen LogP contribution in [0, 0.1) is 0 Å². The minimum absolute atomic E-state index is 0.0150. The molecule has 0 atom stereocenters. The maximum absolute atomic E-state index is 13.1. The van der Waals surface area contributed by atoms with Gasteiger partial charge in [-0.05, 0) is 55.3 Å². The van der Waals surface area contributed by atoms with Crippen molar-refractivity contribution in [2.24, 2.45) is 0 Å². The van der Waals surface area contributed by atoms with Crippen LogP contribution in [-0.4, -0.2) is 62.6 Å². The van der Waals surface area contributed by atoms with Crippen LogP contribution in [-0.2, 0) is 21.0 Å². The molecule has 1 aliphatic rings. The SMILES string of the molecule is O=C(CCCCNC(=O)Nc1ccc(S(=O)(=O)N2CCN(c3cc(Cl)cc(C(F)(F)F)c3)CC2)cc1)NO. The third kappa shape index (κ3) is 7.96. The number of piperazine rings is 1. The van der Waals surface area contributed by atoms with Crippen LogP contribution in [0.2, 0.25) is 5.02 Å². The molecule has 38 heavy (non-hydrogen) atoms. The zero-order chi connectivity index (χ0) is 27.9. The summed E-state index contributed by atoms with van der Waals surface area (Å²) in [6.45, 7) is 0.801. The number of sulfonamides is 1. The molecule has 0 bridgehead atoms. The van der Waals surface area contributed by atoms with Crippen LogP contribution in [0.5, 0.6) is 0 Å². The molecule has 4 N–H and O–H groups in total. The molecule has 0 radical (unpaired) electrons. The Labute approximate surface area is 222 Å². The maximum atomic E-state index is 13.1. The monoisotopic (exact) mass is 577 g/mol. The van der Waals surface area contributed by atoms with Crippen LogP contribution in [0.25, 0.3) is 0 Å². The van der Waals surface area contributed by atoms with Crippen molar-refractivity contribution in [2.45, 2.75) is 30.3 Å². The first-order valence-corrected chi connectivity index (χ1v) is 13.4. The Morgan fingerprint density at radius 1 is 1.00 bits per heavy atom. The van der Waals surface area contributed by atoms with Gasteiger partial charge in [0.1, 0.15) is 0 Å². The molecule has 1 aliphatic heterocycles. The van der Waals surface area contributed by atoms with Gasteiger partial charge in [-0.1, -0.05) is 11.6 Å². The van der Waals surface area contributed by atoms with Crippen LogP contribution in [0.15, 0.2) is 47.4 Å². The molecular formula is C23H27ClF3N5O5S. The highest BCUT2D eigenvalue weighted by Crippen LogP contribution is 2.35. The molecule has 0 saturated carbocycles. The van der Waals surface area contributed by atoms with E-state index in [0.717, 1.165) is 12.1 Å². The van der Waals surface area contributed by atoms with Crippen molar-refractivity contribution in [1.29, 1.82) is 0 Å². The van der Waals surface area contributed by atoms with Crippen LogP contribution < -0.4 is 21.0 Å². The molecule has 0 aromatic heterocycles. The van der Waals surface area contributed by atoms with E-state index in [2.05, 4.69) is 10.6 Å². The van der Waals surface area contributed by atoms with Gasteiger partial charge in [0.2, 0.25) is 15.9 Å². The van der Waals surface area contributed by atoms with Gasteiger partial charge >= 0.3 is 12.2 Å². The highest BCUT2D eigenvalue weighted by molar-refractivity contribution is 7.89. The Bertz CT molecular complexity index is 1240. The molecule has 15 heteroatoms. The molecule has 208 valence electrons. The zero-order valence-corrected chi connectivity index (χ0v) is 21.7. The predicted octanol–water partition coefficient (Wildman–Crippen LogP) is 3.67. The van der Waals surface area contributed by atoms with E-state index in [-0.39, 0.29) is 48.2 Å². The summed E-state index contributed by atoms with van der Waals surface area (Å²) < 4.78 is 66.8. The maximum Gasteiger partial charge on any atom is 0.416 e. The van der Waals surface area contributed by atoms with Crippen LogP contribution in [0.4, 0.5) is 29.3 Å². The third-order valence-electron chi connectivity index (χ3n) is 5.80. The van der Waals surface area contributed by atoms with Crippen molar-refractivity contribution in [3.05, 3.63) is 53.1 Å². The summed E-state index contributed by atoms with van der Waals surface area (Å²) in [5.41, 5.74) is 1.29. The van der Waals surface area contributed by atoms with E-state index in [4.69, 9.17) is 16.8 Å². The number of unbranched alkanes of at least 4 members (excludes halogenated alkanes) is 1. The van der Waals surface area contributed by atoms with Gasteiger partial charge in [-0.25, -0.2) is 18.7 Å². The average Bonchev–Trinajstić information content (AvgIpc) is 2.88. The van der Waals surface area contributed by atoms with Gasteiger partial charge in [-0.15, -0.1) is 0 Å². The van der Waals surface area contributed by atoms with Gasteiger partial charge in [-0.2, -0.15) is 17.5 Å². The van der Waals surface area contributed by atoms with Gasteiger partial charge in [0.15, 0.2) is 0 Å². The standard InChI is InChI=1S/C23H27ClF3N5O5S/c24-17-13-16(23(25,26)27)14-19(15-17)31-9-11-32(12-10-31)38(36,37)20-6-4-18(5-7-20)29-22(34)28-8-2-1-3-21(33)30-35/h4-7,13-15,35H,1-3,8-12H2,(H,30,33)(H2,28,29,34). The van der Waals surface area contributed by atoms with Gasteiger partial charge in [-0.3, -0.25) is 10.0 Å². The van der Waals surface area contributed by atoms with E-state index < -0.39 is 33.7 Å². The fourth-order valence-corrected chi connectivity index (χ4v) is 5.46. The average molecular weight is 578 g/mol. The quantitative estimate of drug-likeness (QED) is 0.204. The molecule has 2 aromatic rings. The Morgan fingerprint density at radius 2 is 1.66 bits per heavy atom. The summed E-state index contributed by atoms with van der Waals surface area (Å²) >= 11 is 5.87. The number of nitrogens with one attached hydrogen (secondary N) is 3. The fourth-order valence-electron chi connectivity index (χ4n) is 3.81. The van der Waals surface area contributed by atoms with Crippen molar-refractivity contribution >= 4 is 44.9 Å². The van der Waals surface area contributed by atoms with Crippen molar-refractivity contribution in [1.82, 2.24) is 15.1 Å². The second-order valence-electron chi connectivity index (χ2n) is 8.48. The lowest BCUT2D eigenvalue weighted by molar-refractivity contribution is -0.137. The first-order valence-electron chi connectivity index (χ1n) is 11.6. The number of nitrogens with zero attached hydrogens (tertiary/aromatic N) is 2. The lowest BCUT2D eigenvalue weighted by Gasteiger charge is -2.35. The van der Waals surface area contributed by atoms with Crippen molar-refractivity contribution in [3.63, 3.8) is 0 Å². The number of amides is 3. The Kier molecular flexibility index (Phi) is 9.82. The second-order valence-corrected chi connectivity index (χ2v) is 10.9. The predicted molar refractivity (Wildman–Crippen MR) is 135 cm³/mol. The van der Waals surface area contributed by atoms with Crippen LogP contribution >= 0.6 is 11.6 Å². The molecular weight excluding hydrogens is 551 g/mol.